The molecule has 1 heterocycles. The van der Waals surface area contributed by atoms with Crippen molar-refractivity contribution in [1.29, 1.82) is 0 Å². The maximum atomic E-state index is 10.5. The number of likely N-dealkylation sites (N-methyl/N-ethyl adjacent to an activating group) is 1. The van der Waals surface area contributed by atoms with Crippen LogP contribution in [0.1, 0.15) is 17.5 Å². The van der Waals surface area contributed by atoms with Gasteiger partial charge in [0.25, 0.3) is 0 Å². The Labute approximate surface area is 93.6 Å². The Morgan fingerprint density at radius 3 is 2.87 bits per heavy atom. The largest absolute Gasteiger partial charge is 0.480 e. The molecule has 0 atom stereocenters. The van der Waals surface area contributed by atoms with Gasteiger partial charge in [0.05, 0.1) is 17.7 Å². The highest BCUT2D eigenvalue weighted by molar-refractivity contribution is 7.09. The molecular weight excluding hydrogens is 212 g/mol. The number of hydrogen-bond donors (Lipinski definition) is 1. The van der Waals surface area contributed by atoms with Crippen LogP contribution >= 0.6 is 11.3 Å². The lowest BCUT2D eigenvalue weighted by atomic mass is 10.3. The summed E-state index contributed by atoms with van der Waals surface area (Å²) in [7, 11) is 0. The molecule has 0 aliphatic rings. The first-order valence-corrected chi connectivity index (χ1v) is 5.84. The van der Waals surface area contributed by atoms with Crippen LogP contribution in [-0.4, -0.2) is 40.6 Å². The SMILES string of the molecule is CCN(CCc1scnc1C)CC(=O)O. The van der Waals surface area contributed by atoms with Crippen molar-refractivity contribution in [3.8, 4) is 0 Å². The minimum atomic E-state index is -0.766. The molecular formula is C10H16N2O2S. The summed E-state index contributed by atoms with van der Waals surface area (Å²) in [5.41, 5.74) is 2.89. The molecule has 1 aromatic heterocycles. The van der Waals surface area contributed by atoms with Crippen molar-refractivity contribution in [2.45, 2.75) is 20.3 Å². The van der Waals surface area contributed by atoms with Gasteiger partial charge in [-0.25, -0.2) is 4.98 Å². The highest BCUT2D eigenvalue weighted by Gasteiger charge is 2.09. The molecule has 0 saturated carbocycles. The van der Waals surface area contributed by atoms with E-state index in [1.165, 1.54) is 4.88 Å². The molecule has 0 fully saturated rings. The number of aliphatic carboxylic acids is 1. The van der Waals surface area contributed by atoms with Crippen molar-refractivity contribution in [3.05, 3.63) is 16.1 Å². The van der Waals surface area contributed by atoms with Crippen molar-refractivity contribution in [3.63, 3.8) is 0 Å². The first-order valence-electron chi connectivity index (χ1n) is 4.96. The standard InChI is InChI=1S/C10H16N2O2S/c1-3-12(6-10(13)14)5-4-9-8(2)11-7-15-9/h7H,3-6H2,1-2H3,(H,13,14). The zero-order chi connectivity index (χ0) is 11.3. The van der Waals surface area contributed by atoms with Gasteiger partial charge in [0.2, 0.25) is 0 Å². The minimum absolute atomic E-state index is 0.119. The van der Waals surface area contributed by atoms with Crippen LogP contribution in [-0.2, 0) is 11.2 Å². The lowest BCUT2D eigenvalue weighted by Gasteiger charge is -2.17. The van der Waals surface area contributed by atoms with E-state index >= 15 is 0 Å². The summed E-state index contributed by atoms with van der Waals surface area (Å²) >= 11 is 1.64. The number of aryl methyl sites for hydroxylation is 1. The van der Waals surface area contributed by atoms with E-state index in [-0.39, 0.29) is 6.54 Å². The van der Waals surface area contributed by atoms with Crippen LogP contribution in [0.2, 0.25) is 0 Å². The topological polar surface area (TPSA) is 53.4 Å². The zero-order valence-electron chi connectivity index (χ0n) is 9.06. The Balaban J connectivity index is 2.41. The van der Waals surface area contributed by atoms with Gasteiger partial charge in [-0.05, 0) is 19.9 Å². The van der Waals surface area contributed by atoms with Gasteiger partial charge in [0.1, 0.15) is 0 Å². The van der Waals surface area contributed by atoms with Gasteiger partial charge >= 0.3 is 5.97 Å². The van der Waals surface area contributed by atoms with E-state index in [2.05, 4.69) is 4.98 Å². The maximum Gasteiger partial charge on any atom is 0.317 e. The lowest BCUT2D eigenvalue weighted by molar-refractivity contribution is -0.138. The van der Waals surface area contributed by atoms with E-state index in [1.54, 1.807) is 11.3 Å². The van der Waals surface area contributed by atoms with Gasteiger partial charge in [-0.1, -0.05) is 6.92 Å². The molecule has 1 rings (SSSR count). The van der Waals surface area contributed by atoms with Crippen LogP contribution in [0.5, 0.6) is 0 Å². The zero-order valence-corrected chi connectivity index (χ0v) is 9.88. The third-order valence-electron chi connectivity index (χ3n) is 2.31. The summed E-state index contributed by atoms with van der Waals surface area (Å²) in [6.07, 6.45) is 0.887. The maximum absolute atomic E-state index is 10.5. The van der Waals surface area contributed by atoms with Gasteiger partial charge in [-0.2, -0.15) is 0 Å². The Hall–Kier alpha value is -0.940. The smallest absolute Gasteiger partial charge is 0.317 e. The molecule has 0 amide bonds. The monoisotopic (exact) mass is 228 g/mol. The molecule has 0 radical (unpaired) electrons. The first kappa shape index (κ1) is 12.1. The van der Waals surface area contributed by atoms with E-state index in [4.69, 9.17) is 5.11 Å². The number of hydrogen-bond acceptors (Lipinski definition) is 4. The van der Waals surface area contributed by atoms with Gasteiger partial charge in [0, 0.05) is 11.4 Å². The summed E-state index contributed by atoms with van der Waals surface area (Å²) in [4.78, 5) is 17.9. The van der Waals surface area contributed by atoms with Gasteiger partial charge in [0.15, 0.2) is 0 Å². The minimum Gasteiger partial charge on any atom is -0.480 e. The molecule has 15 heavy (non-hydrogen) atoms. The Bertz CT molecular complexity index is 325. The molecule has 0 aliphatic heterocycles. The Morgan fingerprint density at radius 1 is 1.67 bits per heavy atom. The molecule has 0 unspecified atom stereocenters. The normalized spacial score (nSPS) is 10.9. The summed E-state index contributed by atoms with van der Waals surface area (Å²) in [6.45, 7) is 5.63. The number of thiazole rings is 1. The number of carbonyl (C=O) groups is 1. The number of carboxylic acid groups (broad SMARTS) is 1. The number of aromatic nitrogens is 1. The quantitative estimate of drug-likeness (QED) is 0.799. The van der Waals surface area contributed by atoms with Gasteiger partial charge < -0.3 is 5.11 Å². The number of rotatable bonds is 6. The summed E-state index contributed by atoms with van der Waals surface area (Å²) < 4.78 is 0. The van der Waals surface area contributed by atoms with Crippen LogP contribution in [0, 0.1) is 6.92 Å². The number of carboxylic acids is 1. The summed E-state index contributed by atoms with van der Waals surface area (Å²) in [5.74, 6) is -0.766. The highest BCUT2D eigenvalue weighted by Crippen LogP contribution is 2.12. The van der Waals surface area contributed by atoms with Crippen molar-refractivity contribution in [2.75, 3.05) is 19.6 Å². The third-order valence-corrected chi connectivity index (χ3v) is 3.30. The van der Waals surface area contributed by atoms with Crippen LogP contribution in [0.3, 0.4) is 0 Å². The van der Waals surface area contributed by atoms with Crippen molar-refractivity contribution in [2.24, 2.45) is 0 Å². The van der Waals surface area contributed by atoms with Crippen molar-refractivity contribution >= 4 is 17.3 Å². The van der Waals surface area contributed by atoms with Gasteiger partial charge in [-0.3, -0.25) is 9.69 Å². The van der Waals surface area contributed by atoms with E-state index < -0.39 is 5.97 Å². The lowest BCUT2D eigenvalue weighted by Crippen LogP contribution is -2.31. The second kappa shape index (κ2) is 5.82. The molecule has 0 spiro atoms. The average molecular weight is 228 g/mol. The van der Waals surface area contributed by atoms with E-state index in [0.717, 1.165) is 25.2 Å². The summed E-state index contributed by atoms with van der Waals surface area (Å²) in [5, 5.41) is 8.68. The predicted molar refractivity (Wildman–Crippen MR) is 60.3 cm³/mol. The fraction of sp³-hybridized carbons (Fsp3) is 0.600. The van der Waals surface area contributed by atoms with Crippen LogP contribution in [0.4, 0.5) is 0 Å². The molecule has 4 nitrogen and oxygen atoms in total. The van der Waals surface area contributed by atoms with Crippen molar-refractivity contribution in [1.82, 2.24) is 9.88 Å². The van der Waals surface area contributed by atoms with Crippen LogP contribution in [0.25, 0.3) is 0 Å². The Morgan fingerprint density at radius 2 is 2.40 bits per heavy atom. The second-order valence-electron chi connectivity index (χ2n) is 3.37. The first-order chi connectivity index (χ1) is 7.13. The van der Waals surface area contributed by atoms with Gasteiger partial charge in [-0.15, -0.1) is 11.3 Å². The molecule has 0 aromatic carbocycles. The van der Waals surface area contributed by atoms with Crippen LogP contribution in [0.15, 0.2) is 5.51 Å². The summed E-state index contributed by atoms with van der Waals surface area (Å²) in [6, 6.07) is 0. The fourth-order valence-corrected chi connectivity index (χ4v) is 2.14. The Kier molecular flexibility index (Phi) is 4.71. The number of nitrogens with zero attached hydrogens (tertiary/aromatic N) is 2. The predicted octanol–water partition coefficient (Wildman–Crippen LogP) is 1.40. The third kappa shape index (κ3) is 3.97. The molecule has 84 valence electrons. The van der Waals surface area contributed by atoms with Crippen LogP contribution < -0.4 is 0 Å². The highest BCUT2D eigenvalue weighted by atomic mass is 32.1. The van der Waals surface area contributed by atoms with E-state index in [9.17, 15) is 4.79 Å². The molecule has 0 bridgehead atoms. The van der Waals surface area contributed by atoms with E-state index in [1.807, 2.05) is 24.3 Å². The molecule has 1 N–H and O–H groups in total. The second-order valence-corrected chi connectivity index (χ2v) is 4.31. The molecule has 0 aliphatic carbocycles. The average Bonchev–Trinajstić information content (AvgIpc) is 2.58. The van der Waals surface area contributed by atoms with Crippen molar-refractivity contribution < 1.29 is 9.90 Å². The molecule has 0 saturated heterocycles. The van der Waals surface area contributed by atoms with E-state index in [0.29, 0.717) is 0 Å². The molecule has 1 aromatic rings. The molecule has 5 heteroatoms. The fourth-order valence-electron chi connectivity index (χ4n) is 1.37.